The maximum Gasteiger partial charge on any atom is 0.164 e. The van der Waals surface area contributed by atoms with Gasteiger partial charge in [0.2, 0.25) is 0 Å². The van der Waals surface area contributed by atoms with E-state index in [-0.39, 0.29) is 0 Å². The van der Waals surface area contributed by atoms with Gasteiger partial charge in [0, 0.05) is 32.8 Å². The lowest BCUT2D eigenvalue weighted by Crippen LogP contribution is -2.13. The Bertz CT molecular complexity index is 2680. The van der Waals surface area contributed by atoms with Crippen molar-refractivity contribution in [2.24, 2.45) is 0 Å². The van der Waals surface area contributed by atoms with Crippen molar-refractivity contribution in [3.63, 3.8) is 0 Å². The molecule has 2 atom stereocenters. The maximum absolute atomic E-state index is 5.27. The molecular formula is C51H35N3S. The summed E-state index contributed by atoms with van der Waals surface area (Å²) in [5, 5.41) is 0.319. The zero-order valence-corrected chi connectivity index (χ0v) is 30.8. The Morgan fingerprint density at radius 3 is 1.42 bits per heavy atom. The lowest BCUT2D eigenvalue weighted by molar-refractivity contribution is 0.893. The van der Waals surface area contributed by atoms with Crippen LogP contribution in [-0.2, 0) is 0 Å². The molecule has 3 nitrogen and oxygen atoms in total. The van der Waals surface area contributed by atoms with Gasteiger partial charge >= 0.3 is 0 Å². The highest BCUT2D eigenvalue weighted by Crippen LogP contribution is 2.52. The minimum atomic E-state index is 0.319. The molecule has 7 aromatic carbocycles. The molecule has 0 fully saturated rings. The number of rotatable bonds is 7. The zero-order chi connectivity index (χ0) is 36.6. The fourth-order valence-electron chi connectivity index (χ4n) is 7.75. The van der Waals surface area contributed by atoms with Crippen molar-refractivity contribution >= 4 is 17.3 Å². The van der Waals surface area contributed by atoms with Gasteiger partial charge in [0.05, 0.1) is 0 Å². The monoisotopic (exact) mass is 721 g/mol. The number of aromatic nitrogens is 3. The summed E-state index contributed by atoms with van der Waals surface area (Å²) in [7, 11) is 0. The van der Waals surface area contributed by atoms with Crippen LogP contribution in [0.4, 0.5) is 0 Å². The Morgan fingerprint density at radius 1 is 0.364 bits per heavy atom. The van der Waals surface area contributed by atoms with E-state index in [9.17, 15) is 0 Å². The molecular weight excluding hydrogens is 687 g/mol. The van der Waals surface area contributed by atoms with E-state index in [1.807, 2.05) is 17.8 Å². The van der Waals surface area contributed by atoms with Gasteiger partial charge < -0.3 is 0 Å². The minimum absolute atomic E-state index is 0.319. The average Bonchev–Trinajstić information content (AvgIpc) is 3.66. The Labute approximate surface area is 325 Å². The van der Waals surface area contributed by atoms with Gasteiger partial charge in [-0.3, -0.25) is 0 Å². The first kappa shape index (κ1) is 33.0. The summed E-state index contributed by atoms with van der Waals surface area (Å²) in [5.74, 6) is 2.26. The molecule has 0 amide bonds. The molecule has 2 unspecified atom stereocenters. The maximum atomic E-state index is 5.27. The third-order valence-electron chi connectivity index (χ3n) is 10.5. The van der Waals surface area contributed by atoms with Crippen LogP contribution in [0.5, 0.6) is 0 Å². The van der Waals surface area contributed by atoms with Crippen molar-refractivity contribution in [3.05, 3.63) is 211 Å². The molecule has 260 valence electrons. The number of fused-ring (bicyclic) bond motifs is 3. The van der Waals surface area contributed by atoms with E-state index < -0.39 is 0 Å². The van der Waals surface area contributed by atoms with Gasteiger partial charge in [-0.1, -0.05) is 164 Å². The highest BCUT2D eigenvalue weighted by Gasteiger charge is 2.35. The van der Waals surface area contributed by atoms with Crippen molar-refractivity contribution < 1.29 is 0 Å². The van der Waals surface area contributed by atoms with Crippen LogP contribution in [0.1, 0.15) is 17.0 Å². The molecule has 0 radical (unpaired) electrons. The van der Waals surface area contributed by atoms with E-state index in [0.717, 1.165) is 50.1 Å². The minimum Gasteiger partial charge on any atom is -0.208 e. The summed E-state index contributed by atoms with van der Waals surface area (Å²) in [5.41, 5.74) is 13.5. The second kappa shape index (κ2) is 14.3. The van der Waals surface area contributed by atoms with Crippen molar-refractivity contribution in [3.8, 4) is 67.5 Å². The molecule has 0 N–H and O–H groups in total. The highest BCUT2D eigenvalue weighted by atomic mass is 32.2. The predicted molar refractivity (Wildman–Crippen MR) is 228 cm³/mol. The van der Waals surface area contributed by atoms with Crippen molar-refractivity contribution in [1.82, 2.24) is 15.0 Å². The Balaban J connectivity index is 1.13. The smallest absolute Gasteiger partial charge is 0.164 e. The summed E-state index contributed by atoms with van der Waals surface area (Å²) in [4.78, 5) is 17.1. The van der Waals surface area contributed by atoms with E-state index in [1.54, 1.807) is 0 Å². The molecule has 0 bridgehead atoms. The van der Waals surface area contributed by atoms with Crippen molar-refractivity contribution in [1.29, 1.82) is 0 Å². The lowest BCUT2D eigenvalue weighted by Gasteiger charge is -2.23. The van der Waals surface area contributed by atoms with Gasteiger partial charge in [-0.15, -0.1) is 11.8 Å². The molecule has 1 aliphatic carbocycles. The topological polar surface area (TPSA) is 38.7 Å². The van der Waals surface area contributed by atoms with Gasteiger partial charge in [-0.25, -0.2) is 15.0 Å². The SMILES string of the molecule is C1=CC2c3ccccc3SC2C(c2cccc(-c3nc(-c4cccc(-c5ccccc5)c4)nc(-c4cc(-c5ccccc5)cc(-c5ccccc5)c4)n3)c2)=C1. The largest absolute Gasteiger partial charge is 0.208 e. The van der Waals surface area contributed by atoms with E-state index in [0.29, 0.717) is 28.6 Å². The number of allylic oxidation sites excluding steroid dienone is 3. The number of hydrogen-bond donors (Lipinski definition) is 0. The molecule has 8 aromatic rings. The van der Waals surface area contributed by atoms with Gasteiger partial charge in [-0.2, -0.15) is 0 Å². The number of benzene rings is 7. The summed E-state index contributed by atoms with van der Waals surface area (Å²) < 4.78 is 0. The van der Waals surface area contributed by atoms with Crippen LogP contribution in [0.25, 0.3) is 73.1 Å². The van der Waals surface area contributed by atoms with Gasteiger partial charge in [0.25, 0.3) is 0 Å². The molecule has 2 aliphatic rings. The van der Waals surface area contributed by atoms with E-state index in [4.69, 9.17) is 15.0 Å². The first-order chi connectivity index (χ1) is 27.2. The van der Waals surface area contributed by atoms with Crippen LogP contribution in [0, 0.1) is 0 Å². The quantitative estimate of drug-likeness (QED) is 0.164. The highest BCUT2D eigenvalue weighted by molar-refractivity contribution is 8.00. The van der Waals surface area contributed by atoms with Crippen molar-refractivity contribution in [2.45, 2.75) is 16.1 Å². The number of thioether (sulfide) groups is 1. The first-order valence-electron chi connectivity index (χ1n) is 18.7. The second-order valence-corrected chi connectivity index (χ2v) is 15.2. The van der Waals surface area contributed by atoms with Crippen LogP contribution >= 0.6 is 11.8 Å². The lowest BCUT2D eigenvalue weighted by atomic mass is 9.85. The molecule has 4 heteroatoms. The summed E-state index contributed by atoms with van der Waals surface area (Å²) in [6, 6.07) is 64.2. The first-order valence-corrected chi connectivity index (χ1v) is 19.5. The molecule has 0 saturated heterocycles. The summed E-state index contributed by atoms with van der Waals surface area (Å²) in [6.07, 6.45) is 6.84. The van der Waals surface area contributed by atoms with E-state index in [2.05, 4.69) is 194 Å². The Kier molecular flexibility index (Phi) is 8.59. The van der Waals surface area contributed by atoms with Crippen LogP contribution in [0.2, 0.25) is 0 Å². The van der Waals surface area contributed by atoms with Crippen LogP contribution in [0.3, 0.4) is 0 Å². The molecule has 1 aromatic heterocycles. The van der Waals surface area contributed by atoms with E-state index in [1.165, 1.54) is 21.6 Å². The normalized spacial score (nSPS) is 15.6. The summed E-state index contributed by atoms with van der Waals surface area (Å²) >= 11 is 1.96. The third-order valence-corrected chi connectivity index (χ3v) is 11.9. The fourth-order valence-corrected chi connectivity index (χ4v) is 9.25. The molecule has 10 rings (SSSR count). The predicted octanol–water partition coefficient (Wildman–Crippen LogP) is 13.1. The molecule has 2 heterocycles. The molecule has 0 spiro atoms. The Hall–Kier alpha value is -6.62. The van der Waals surface area contributed by atoms with Crippen molar-refractivity contribution in [2.75, 3.05) is 0 Å². The molecule has 1 aliphatic heterocycles. The summed E-state index contributed by atoms with van der Waals surface area (Å²) in [6.45, 7) is 0. The van der Waals surface area contributed by atoms with Gasteiger partial charge in [0.1, 0.15) is 0 Å². The standard InChI is InChI=1S/C51H35N3S/c1-4-15-34(16-5-1)37-21-12-23-39(29-37)49-52-50(40-24-13-22-38(30-40)44-26-14-27-46-45-25-10-11-28-47(45)55-48(44)46)54-51(53-49)43-32-41(35-17-6-2-7-18-35)31-42(33-43)36-19-8-3-9-20-36/h1-33,46,48H. The van der Waals surface area contributed by atoms with Crippen LogP contribution in [-0.4, -0.2) is 20.2 Å². The molecule has 55 heavy (non-hydrogen) atoms. The average molecular weight is 722 g/mol. The van der Waals surface area contributed by atoms with Crippen LogP contribution in [0.15, 0.2) is 205 Å². The zero-order valence-electron chi connectivity index (χ0n) is 30.0. The van der Waals surface area contributed by atoms with Gasteiger partial charge in [0.15, 0.2) is 17.5 Å². The molecule has 0 saturated carbocycles. The number of nitrogens with zero attached hydrogens (tertiary/aromatic N) is 3. The van der Waals surface area contributed by atoms with Gasteiger partial charge in [-0.05, 0) is 86.5 Å². The number of hydrogen-bond acceptors (Lipinski definition) is 4. The third kappa shape index (κ3) is 6.51. The Morgan fingerprint density at radius 2 is 0.800 bits per heavy atom. The fraction of sp³-hybridized carbons (Fsp3) is 0.0392. The van der Waals surface area contributed by atoms with E-state index >= 15 is 0 Å². The second-order valence-electron chi connectivity index (χ2n) is 14.0. The van der Waals surface area contributed by atoms with Crippen LogP contribution < -0.4 is 0 Å².